The van der Waals surface area contributed by atoms with Crippen molar-refractivity contribution < 1.29 is 0 Å². The van der Waals surface area contributed by atoms with Gasteiger partial charge in [-0.1, -0.05) is 146 Å². The second kappa shape index (κ2) is 12.8. The Bertz CT molecular complexity index is 3140. The van der Waals surface area contributed by atoms with Crippen molar-refractivity contribution in [2.24, 2.45) is 0 Å². The number of allylic oxidation sites excluding steroid dienone is 3. The third-order valence-electron chi connectivity index (χ3n) is 12.1. The van der Waals surface area contributed by atoms with Crippen molar-refractivity contribution >= 4 is 64.2 Å². The first-order valence-electron chi connectivity index (χ1n) is 19.8. The number of para-hydroxylation sites is 1. The molecule has 0 radical (unpaired) electrons. The smallest absolute Gasteiger partial charge is 0.0546 e. The van der Waals surface area contributed by atoms with Crippen LogP contribution in [0.5, 0.6) is 0 Å². The largest absolute Gasteiger partial charge is 0.310 e. The van der Waals surface area contributed by atoms with Crippen LogP contribution in [0.2, 0.25) is 0 Å². The Morgan fingerprint density at radius 1 is 0.474 bits per heavy atom. The fraction of sp³-hybridized carbons (Fsp3) is 0.0370. The first kappa shape index (κ1) is 32.8. The quantitative estimate of drug-likeness (QED) is 0.169. The first-order chi connectivity index (χ1) is 28.3. The summed E-state index contributed by atoms with van der Waals surface area (Å²) < 4.78 is 2.62. The van der Waals surface area contributed by atoms with Gasteiger partial charge in [0.25, 0.3) is 0 Å². The van der Waals surface area contributed by atoms with Gasteiger partial charge in [-0.3, -0.25) is 0 Å². The average molecular weight is 764 g/mol. The molecule has 3 heteroatoms. The molecule has 1 atom stereocenters. The number of rotatable bonds is 5. The molecule has 9 aromatic rings. The topological polar surface area (TPSA) is 3.24 Å². The summed E-state index contributed by atoms with van der Waals surface area (Å²) in [5.74, 6) is 0. The number of thiophene rings is 1. The molecule has 0 saturated heterocycles. The molecule has 0 bridgehead atoms. The molecule has 0 saturated carbocycles. The van der Waals surface area contributed by atoms with Crippen LogP contribution in [0.15, 0.2) is 220 Å². The van der Waals surface area contributed by atoms with E-state index in [1.807, 2.05) is 11.3 Å². The van der Waals surface area contributed by atoms with Crippen molar-refractivity contribution in [1.82, 2.24) is 0 Å². The van der Waals surface area contributed by atoms with Crippen LogP contribution >= 0.6 is 21.4 Å². The standard InChI is InChI=1S/C54H37NS2/c1-3-17-36(18-4-1)39-25-15-27-46(53(39)45-26-16-29-48-54(45)44-24-7-11-28-47(44)56-48)55(37-19-5-2-6-20-37)38-33-34-43-42-23-10-14-32-51(42)57(52(43)35-38)49-30-12-8-21-40(49)41-22-9-13-31-50(41)57/h1-8,10-21,23-35H,9,22H2. The SMILES string of the molecule is C1=CC2=C(CC1)c1ccccc1S21c2ccccc2-c2ccc(N(c3ccccc3)c3cccc(-c4ccccc4)c3-c3cccc4sc5ccccc5c34)cc21. The monoisotopic (exact) mass is 763 g/mol. The van der Waals surface area contributed by atoms with E-state index < -0.39 is 10.0 Å². The predicted octanol–water partition coefficient (Wildman–Crippen LogP) is 16.2. The maximum absolute atomic E-state index is 2.56. The Labute approximate surface area is 338 Å². The summed E-state index contributed by atoms with van der Waals surface area (Å²) in [5, 5.41) is 2.62. The van der Waals surface area contributed by atoms with E-state index >= 15 is 0 Å². The van der Waals surface area contributed by atoms with Gasteiger partial charge < -0.3 is 4.90 Å². The van der Waals surface area contributed by atoms with Crippen molar-refractivity contribution in [3.05, 3.63) is 211 Å². The maximum atomic E-state index is 2.56. The lowest BCUT2D eigenvalue weighted by Gasteiger charge is -2.38. The molecule has 1 spiro atoms. The number of anilines is 3. The zero-order valence-electron chi connectivity index (χ0n) is 31.2. The van der Waals surface area contributed by atoms with E-state index in [0.717, 1.165) is 24.2 Å². The minimum Gasteiger partial charge on any atom is -0.310 e. The molecule has 2 aliphatic heterocycles. The van der Waals surface area contributed by atoms with Crippen LogP contribution in [-0.2, 0) is 0 Å². The molecule has 3 aliphatic rings. The average Bonchev–Trinajstić information content (AvgIpc) is 3.91. The van der Waals surface area contributed by atoms with Crippen LogP contribution in [-0.4, -0.2) is 0 Å². The second-order valence-electron chi connectivity index (χ2n) is 15.1. The number of hydrogen-bond acceptors (Lipinski definition) is 2. The molecule has 8 aromatic carbocycles. The lowest BCUT2D eigenvalue weighted by molar-refractivity contribution is 1.05. The van der Waals surface area contributed by atoms with E-state index in [1.54, 1.807) is 0 Å². The third kappa shape index (κ3) is 4.70. The predicted molar refractivity (Wildman–Crippen MR) is 244 cm³/mol. The Balaban J connectivity index is 1.17. The highest BCUT2D eigenvalue weighted by molar-refractivity contribution is 8.37. The van der Waals surface area contributed by atoms with Crippen molar-refractivity contribution in [2.75, 3.05) is 4.90 Å². The molecular weight excluding hydrogens is 727 g/mol. The minimum atomic E-state index is -1.72. The minimum absolute atomic E-state index is 1.09. The van der Waals surface area contributed by atoms with Crippen molar-refractivity contribution in [1.29, 1.82) is 0 Å². The Morgan fingerprint density at radius 3 is 1.98 bits per heavy atom. The fourth-order valence-corrected chi connectivity index (χ4v) is 15.7. The molecule has 3 heterocycles. The Kier molecular flexibility index (Phi) is 7.38. The van der Waals surface area contributed by atoms with Gasteiger partial charge >= 0.3 is 0 Å². The normalized spacial score (nSPS) is 17.3. The van der Waals surface area contributed by atoms with Crippen LogP contribution in [0.25, 0.3) is 59.1 Å². The van der Waals surface area contributed by atoms with Gasteiger partial charge in [0.05, 0.1) is 5.69 Å². The fourth-order valence-electron chi connectivity index (χ4n) is 9.83. The first-order valence-corrected chi connectivity index (χ1v) is 22.3. The highest BCUT2D eigenvalue weighted by atomic mass is 32.3. The lowest BCUT2D eigenvalue weighted by Crippen LogP contribution is -2.12. The summed E-state index contributed by atoms with van der Waals surface area (Å²) in [5.41, 5.74) is 14.1. The Morgan fingerprint density at radius 2 is 1.12 bits per heavy atom. The molecule has 57 heavy (non-hydrogen) atoms. The summed E-state index contributed by atoms with van der Waals surface area (Å²) >= 11 is 1.88. The van der Waals surface area contributed by atoms with E-state index in [1.165, 1.54) is 90.0 Å². The van der Waals surface area contributed by atoms with Gasteiger partial charge in [-0.15, -0.1) is 21.4 Å². The molecule has 1 aromatic heterocycles. The van der Waals surface area contributed by atoms with Gasteiger partial charge in [-0.2, -0.15) is 0 Å². The zero-order chi connectivity index (χ0) is 37.5. The van der Waals surface area contributed by atoms with Crippen molar-refractivity contribution in [3.8, 4) is 33.4 Å². The molecule has 270 valence electrons. The van der Waals surface area contributed by atoms with Crippen LogP contribution in [0.4, 0.5) is 17.1 Å². The van der Waals surface area contributed by atoms with Crippen LogP contribution in [0.1, 0.15) is 18.4 Å². The van der Waals surface area contributed by atoms with Gasteiger partial charge in [0.15, 0.2) is 0 Å². The summed E-state index contributed by atoms with van der Waals surface area (Å²) in [6.45, 7) is 0. The van der Waals surface area contributed by atoms with Crippen LogP contribution in [0, 0.1) is 0 Å². The summed E-state index contributed by atoms with van der Waals surface area (Å²) in [6.07, 6.45) is 7.07. The Hall–Kier alpha value is -6.39. The second-order valence-corrected chi connectivity index (χ2v) is 19.2. The molecule has 0 fully saturated rings. The molecule has 1 unspecified atom stereocenters. The van der Waals surface area contributed by atoms with E-state index in [9.17, 15) is 0 Å². The number of benzene rings is 8. The van der Waals surface area contributed by atoms with Gasteiger partial charge in [-0.05, 0) is 106 Å². The molecule has 1 aliphatic carbocycles. The zero-order valence-corrected chi connectivity index (χ0v) is 32.9. The number of fused-ring (bicyclic) bond motifs is 12. The van der Waals surface area contributed by atoms with Crippen LogP contribution in [0.3, 0.4) is 0 Å². The highest BCUT2D eigenvalue weighted by Gasteiger charge is 2.49. The van der Waals surface area contributed by atoms with E-state index in [2.05, 4.69) is 205 Å². The molecule has 12 rings (SSSR count). The molecular formula is C54H37NS2. The van der Waals surface area contributed by atoms with E-state index in [4.69, 9.17) is 0 Å². The van der Waals surface area contributed by atoms with Crippen molar-refractivity contribution in [2.45, 2.75) is 27.5 Å². The van der Waals surface area contributed by atoms with Gasteiger partial charge in [0.2, 0.25) is 0 Å². The van der Waals surface area contributed by atoms with Gasteiger partial charge in [0, 0.05) is 56.7 Å². The number of nitrogens with zero attached hydrogens (tertiary/aromatic N) is 1. The molecule has 0 amide bonds. The van der Waals surface area contributed by atoms with E-state index in [0.29, 0.717) is 0 Å². The molecule has 0 N–H and O–H groups in total. The lowest BCUT2D eigenvalue weighted by atomic mass is 9.89. The van der Waals surface area contributed by atoms with E-state index in [-0.39, 0.29) is 0 Å². The molecule has 1 nitrogen and oxygen atoms in total. The highest BCUT2D eigenvalue weighted by Crippen LogP contribution is 2.85. The summed E-state index contributed by atoms with van der Waals surface area (Å²) in [4.78, 5) is 8.44. The van der Waals surface area contributed by atoms with Gasteiger partial charge in [-0.25, -0.2) is 0 Å². The number of hydrogen-bond donors (Lipinski definition) is 0. The maximum Gasteiger partial charge on any atom is 0.0546 e. The summed E-state index contributed by atoms with van der Waals surface area (Å²) in [6, 6.07) is 70.4. The summed E-state index contributed by atoms with van der Waals surface area (Å²) in [7, 11) is -1.72. The van der Waals surface area contributed by atoms with Crippen molar-refractivity contribution in [3.63, 3.8) is 0 Å². The van der Waals surface area contributed by atoms with Crippen LogP contribution < -0.4 is 4.90 Å². The van der Waals surface area contributed by atoms with Gasteiger partial charge in [0.1, 0.15) is 0 Å². The third-order valence-corrected chi connectivity index (χ3v) is 17.3.